The van der Waals surface area contributed by atoms with Gasteiger partial charge in [-0.05, 0) is 0 Å². The molecule has 0 fully saturated rings. The summed E-state index contributed by atoms with van der Waals surface area (Å²) in [7, 11) is -1.24. The quantitative estimate of drug-likeness (QED) is 0.136. The van der Waals surface area contributed by atoms with E-state index in [-0.39, 0.29) is 0 Å². The van der Waals surface area contributed by atoms with E-state index in [0.29, 0.717) is 0 Å². The molecular formula is C28H53P. The summed E-state index contributed by atoms with van der Waals surface area (Å²) in [6, 6.07) is 0. The third-order valence-corrected chi connectivity index (χ3v) is 11.3. The van der Waals surface area contributed by atoms with Crippen LogP contribution in [-0.2, 0) is 0 Å². The minimum atomic E-state index is -1.24. The van der Waals surface area contributed by atoms with Gasteiger partial charge in [-0.1, -0.05) is 0 Å². The Labute approximate surface area is 185 Å². The predicted octanol–water partition coefficient (Wildman–Crippen LogP) is 9.72. The summed E-state index contributed by atoms with van der Waals surface area (Å²) in [5.41, 5.74) is 0. The molecule has 0 spiro atoms. The predicted molar refractivity (Wildman–Crippen MR) is 142 cm³/mol. The van der Waals surface area contributed by atoms with Crippen LogP contribution in [0, 0.1) is 0 Å². The van der Waals surface area contributed by atoms with Gasteiger partial charge in [-0.15, -0.1) is 0 Å². The van der Waals surface area contributed by atoms with Crippen LogP contribution in [0.2, 0.25) is 0 Å². The summed E-state index contributed by atoms with van der Waals surface area (Å²) < 4.78 is 0. The molecule has 1 heteroatoms. The maximum atomic E-state index is 2.48. The molecule has 0 aliphatic rings. The summed E-state index contributed by atoms with van der Waals surface area (Å²) in [4.78, 5) is 0. The first kappa shape index (κ1) is 28.4. The van der Waals surface area contributed by atoms with E-state index in [2.05, 4.69) is 76.3 Å². The fourth-order valence-electron chi connectivity index (χ4n) is 3.92. The number of rotatable bonds is 20. The fraction of sp³-hybridized carbons (Fsp3) is 0.714. The third kappa shape index (κ3) is 17.9. The molecule has 0 aromatic carbocycles. The maximum absolute atomic E-state index is 2.48. The van der Waals surface area contributed by atoms with Crippen LogP contribution in [-0.4, -0.2) is 24.6 Å². The first-order chi connectivity index (χ1) is 14.2. The Morgan fingerprint density at radius 2 is 0.552 bits per heavy atom. The van der Waals surface area contributed by atoms with E-state index in [1.807, 2.05) is 0 Å². The van der Waals surface area contributed by atoms with E-state index in [1.165, 1.54) is 102 Å². The molecule has 0 amide bonds. The summed E-state index contributed by atoms with van der Waals surface area (Å²) in [5, 5.41) is 0. The van der Waals surface area contributed by atoms with Crippen molar-refractivity contribution in [3.63, 3.8) is 0 Å². The van der Waals surface area contributed by atoms with Crippen molar-refractivity contribution in [3.05, 3.63) is 48.6 Å². The van der Waals surface area contributed by atoms with Gasteiger partial charge in [0.2, 0.25) is 0 Å². The van der Waals surface area contributed by atoms with Gasteiger partial charge in [-0.3, -0.25) is 0 Å². The molecule has 0 saturated carbocycles. The number of hydrogen-bond donors (Lipinski definition) is 0. The van der Waals surface area contributed by atoms with Gasteiger partial charge in [0.1, 0.15) is 0 Å². The molecule has 0 atom stereocenters. The van der Waals surface area contributed by atoms with E-state index >= 15 is 0 Å². The number of hydrogen-bond acceptors (Lipinski definition) is 0. The van der Waals surface area contributed by atoms with Crippen molar-refractivity contribution >= 4 is 7.26 Å². The van der Waals surface area contributed by atoms with Crippen molar-refractivity contribution in [3.8, 4) is 0 Å². The Morgan fingerprint density at radius 3 is 0.759 bits per heavy atom. The normalized spacial score (nSPS) is 13.7. The van der Waals surface area contributed by atoms with Gasteiger partial charge >= 0.3 is 185 Å². The molecule has 0 aromatic rings. The Hall–Kier alpha value is -0.610. The van der Waals surface area contributed by atoms with Crippen molar-refractivity contribution in [2.45, 2.75) is 105 Å². The zero-order valence-electron chi connectivity index (χ0n) is 20.4. The zero-order chi connectivity index (χ0) is 21.5. The molecule has 0 saturated heterocycles. The van der Waals surface area contributed by atoms with Crippen LogP contribution in [0.3, 0.4) is 0 Å². The Bertz CT molecular complexity index is 356. The van der Waals surface area contributed by atoms with Gasteiger partial charge in [0, 0.05) is 0 Å². The van der Waals surface area contributed by atoms with Crippen LogP contribution in [0.1, 0.15) is 105 Å². The van der Waals surface area contributed by atoms with E-state index in [1.54, 1.807) is 0 Å². The molecular weight excluding hydrogens is 367 g/mol. The number of allylic oxidation sites excluding steroid dienone is 8. The average molecular weight is 421 g/mol. The molecule has 29 heavy (non-hydrogen) atoms. The molecule has 0 rings (SSSR count). The molecule has 0 aliphatic heterocycles. The summed E-state index contributed by atoms with van der Waals surface area (Å²) in [6.07, 6.45) is 40.8. The van der Waals surface area contributed by atoms with Crippen molar-refractivity contribution in [2.24, 2.45) is 0 Å². The van der Waals surface area contributed by atoms with E-state index in [4.69, 9.17) is 0 Å². The first-order valence-corrected chi connectivity index (χ1v) is 15.7. The van der Waals surface area contributed by atoms with Gasteiger partial charge < -0.3 is 0 Å². The van der Waals surface area contributed by atoms with Crippen molar-refractivity contribution < 1.29 is 0 Å². The molecule has 0 radical (unpaired) electrons. The standard InChI is InChI=1S/C28H53P/c1-5-9-13-17-21-25-29(26-22-18-14-10-6-2,27-23-19-15-11-7-3)28-24-20-16-12-8-4/h13-20,29H,5-12,21-28H2,1-4H3. The first-order valence-electron chi connectivity index (χ1n) is 12.8. The molecule has 0 aliphatic carbocycles. The van der Waals surface area contributed by atoms with Gasteiger partial charge in [0.25, 0.3) is 0 Å². The molecule has 0 N–H and O–H groups in total. The van der Waals surface area contributed by atoms with E-state index < -0.39 is 7.26 Å². The van der Waals surface area contributed by atoms with Gasteiger partial charge in [0.05, 0.1) is 0 Å². The molecule has 0 nitrogen and oxygen atoms in total. The van der Waals surface area contributed by atoms with E-state index in [9.17, 15) is 0 Å². The van der Waals surface area contributed by atoms with Crippen LogP contribution in [0.25, 0.3) is 0 Å². The number of unbranched alkanes of at least 4 members (excludes halogenated alkanes) is 4. The van der Waals surface area contributed by atoms with Gasteiger partial charge in [0.15, 0.2) is 0 Å². The minimum absolute atomic E-state index is 1.24. The molecule has 0 bridgehead atoms. The van der Waals surface area contributed by atoms with Crippen LogP contribution in [0.5, 0.6) is 0 Å². The van der Waals surface area contributed by atoms with Crippen molar-refractivity contribution in [1.29, 1.82) is 0 Å². The van der Waals surface area contributed by atoms with Crippen molar-refractivity contribution in [2.75, 3.05) is 24.6 Å². The average Bonchev–Trinajstić information content (AvgIpc) is 2.73. The second-order valence-electron chi connectivity index (χ2n) is 8.70. The van der Waals surface area contributed by atoms with E-state index in [0.717, 1.165) is 0 Å². The van der Waals surface area contributed by atoms with Crippen LogP contribution in [0.4, 0.5) is 0 Å². The van der Waals surface area contributed by atoms with Gasteiger partial charge in [-0.2, -0.15) is 0 Å². The van der Waals surface area contributed by atoms with Gasteiger partial charge in [-0.25, -0.2) is 0 Å². The summed E-state index contributed by atoms with van der Waals surface area (Å²) in [5.74, 6) is 0. The second-order valence-corrected chi connectivity index (χ2v) is 13.7. The van der Waals surface area contributed by atoms with Crippen LogP contribution in [0.15, 0.2) is 48.6 Å². The van der Waals surface area contributed by atoms with Crippen molar-refractivity contribution in [1.82, 2.24) is 0 Å². The molecule has 170 valence electrons. The second kappa shape index (κ2) is 22.1. The topological polar surface area (TPSA) is 0 Å². The molecule has 0 heterocycles. The molecule has 0 unspecified atom stereocenters. The summed E-state index contributed by atoms with van der Waals surface area (Å²) in [6.45, 7) is 9.10. The zero-order valence-corrected chi connectivity index (χ0v) is 21.4. The van der Waals surface area contributed by atoms with Crippen LogP contribution < -0.4 is 0 Å². The Morgan fingerprint density at radius 1 is 0.345 bits per heavy atom. The Kier molecular flexibility index (Phi) is 21.6. The van der Waals surface area contributed by atoms with Crippen LogP contribution >= 0.6 is 7.26 Å². The third-order valence-electron chi connectivity index (χ3n) is 5.85. The SMILES string of the molecule is CCCC=CCC[PH](CCC=CCCC)(CCC=CCCC)CCC=CCCC. The monoisotopic (exact) mass is 420 g/mol. The fourth-order valence-corrected chi connectivity index (χ4v) is 8.53. The Balaban J connectivity index is 5.04. The molecule has 0 aromatic heterocycles. The summed E-state index contributed by atoms with van der Waals surface area (Å²) >= 11 is 0.